The van der Waals surface area contributed by atoms with Crippen molar-refractivity contribution in [1.82, 2.24) is 9.97 Å². The Balaban J connectivity index is 2.05. The van der Waals surface area contributed by atoms with Crippen molar-refractivity contribution >= 4 is 32.7 Å². The molecule has 2 aromatic heterocycles. The number of halogens is 1. The highest BCUT2D eigenvalue weighted by Crippen LogP contribution is 2.30. The van der Waals surface area contributed by atoms with Crippen LogP contribution in [-0.4, -0.2) is 34.8 Å². The van der Waals surface area contributed by atoms with Crippen LogP contribution in [0.5, 0.6) is 0 Å². The van der Waals surface area contributed by atoms with Crippen LogP contribution in [0.1, 0.15) is 20.8 Å². The van der Waals surface area contributed by atoms with Crippen molar-refractivity contribution in [2.45, 2.75) is 32.5 Å². The van der Waals surface area contributed by atoms with E-state index in [1.807, 2.05) is 24.5 Å². The minimum absolute atomic E-state index is 0.150. The van der Waals surface area contributed by atoms with Crippen LogP contribution in [0.15, 0.2) is 29.0 Å². The average Bonchev–Trinajstić information content (AvgIpc) is 2.35. The van der Waals surface area contributed by atoms with E-state index in [2.05, 4.69) is 51.6 Å². The number of morpholine rings is 1. The molecule has 3 rings (SSSR count). The molecule has 3 heterocycles. The molecule has 0 saturated carbocycles. The summed E-state index contributed by atoms with van der Waals surface area (Å²) in [5.74, 6) is 0. The van der Waals surface area contributed by atoms with Crippen molar-refractivity contribution in [1.29, 1.82) is 0 Å². The SMILES string of the molecule is CC1CN(c2ccnc3cc(Br)cnc23)CC(C)(C)O1. The molecular weight excluding hydrogens is 318 g/mol. The van der Waals surface area contributed by atoms with E-state index in [4.69, 9.17) is 4.74 Å². The Morgan fingerprint density at radius 1 is 1.40 bits per heavy atom. The minimum atomic E-state index is -0.150. The maximum atomic E-state index is 5.97. The first-order valence-corrected chi connectivity index (χ1v) is 7.57. The molecule has 5 heteroatoms. The van der Waals surface area contributed by atoms with Gasteiger partial charge in [-0.2, -0.15) is 0 Å². The smallest absolute Gasteiger partial charge is 0.112 e. The number of hydrogen-bond donors (Lipinski definition) is 0. The van der Waals surface area contributed by atoms with Crippen LogP contribution in [0.4, 0.5) is 5.69 Å². The topological polar surface area (TPSA) is 38.2 Å². The summed E-state index contributed by atoms with van der Waals surface area (Å²) in [6, 6.07) is 4.04. The molecule has 0 amide bonds. The summed E-state index contributed by atoms with van der Waals surface area (Å²) >= 11 is 3.44. The minimum Gasteiger partial charge on any atom is -0.369 e. The zero-order valence-electron chi connectivity index (χ0n) is 11.9. The van der Waals surface area contributed by atoms with Crippen molar-refractivity contribution in [2.24, 2.45) is 0 Å². The van der Waals surface area contributed by atoms with Crippen LogP contribution in [-0.2, 0) is 4.74 Å². The highest BCUT2D eigenvalue weighted by atomic mass is 79.9. The summed E-state index contributed by atoms with van der Waals surface area (Å²) in [6.45, 7) is 8.10. The van der Waals surface area contributed by atoms with Crippen molar-refractivity contribution in [2.75, 3.05) is 18.0 Å². The molecule has 1 saturated heterocycles. The third kappa shape index (κ3) is 2.65. The van der Waals surface area contributed by atoms with Crippen molar-refractivity contribution in [3.8, 4) is 0 Å². The van der Waals surface area contributed by atoms with Gasteiger partial charge in [0, 0.05) is 30.0 Å². The molecular formula is C15H18BrN3O. The van der Waals surface area contributed by atoms with E-state index in [-0.39, 0.29) is 11.7 Å². The predicted octanol–water partition coefficient (Wildman–Crippen LogP) is 3.40. The van der Waals surface area contributed by atoms with Gasteiger partial charge in [0.15, 0.2) is 0 Å². The lowest BCUT2D eigenvalue weighted by Crippen LogP contribution is -2.52. The number of aromatic nitrogens is 2. The number of fused-ring (bicyclic) bond motifs is 1. The van der Waals surface area contributed by atoms with Gasteiger partial charge in [-0.3, -0.25) is 9.97 Å². The van der Waals surface area contributed by atoms with Crippen LogP contribution in [0.25, 0.3) is 11.0 Å². The van der Waals surface area contributed by atoms with Gasteiger partial charge in [-0.15, -0.1) is 0 Å². The lowest BCUT2D eigenvalue weighted by molar-refractivity contribution is -0.0749. The Kier molecular flexibility index (Phi) is 3.42. The highest BCUT2D eigenvalue weighted by Gasteiger charge is 2.32. The largest absolute Gasteiger partial charge is 0.369 e. The van der Waals surface area contributed by atoms with Gasteiger partial charge in [-0.05, 0) is 48.8 Å². The van der Waals surface area contributed by atoms with Crippen molar-refractivity contribution in [3.05, 3.63) is 29.0 Å². The molecule has 1 fully saturated rings. The van der Waals surface area contributed by atoms with Crippen LogP contribution in [0, 0.1) is 0 Å². The maximum absolute atomic E-state index is 5.97. The van der Waals surface area contributed by atoms with Gasteiger partial charge in [0.1, 0.15) is 5.52 Å². The molecule has 1 aliphatic heterocycles. The van der Waals surface area contributed by atoms with E-state index in [0.29, 0.717) is 0 Å². The van der Waals surface area contributed by atoms with Crippen molar-refractivity contribution in [3.63, 3.8) is 0 Å². The van der Waals surface area contributed by atoms with Gasteiger partial charge < -0.3 is 9.64 Å². The highest BCUT2D eigenvalue weighted by molar-refractivity contribution is 9.10. The fourth-order valence-corrected chi connectivity index (χ4v) is 3.20. The first-order valence-electron chi connectivity index (χ1n) is 6.78. The molecule has 1 unspecified atom stereocenters. The van der Waals surface area contributed by atoms with Gasteiger partial charge in [-0.25, -0.2) is 0 Å². The van der Waals surface area contributed by atoms with Gasteiger partial charge in [0.2, 0.25) is 0 Å². The van der Waals surface area contributed by atoms with Gasteiger partial charge >= 0.3 is 0 Å². The first-order chi connectivity index (χ1) is 9.44. The summed E-state index contributed by atoms with van der Waals surface area (Å²) in [7, 11) is 0. The molecule has 0 spiro atoms. The Bertz CT molecular complexity index is 644. The van der Waals surface area contributed by atoms with Gasteiger partial charge in [0.05, 0.1) is 22.9 Å². The normalized spacial score (nSPS) is 22.2. The van der Waals surface area contributed by atoms with Crippen LogP contribution in [0.2, 0.25) is 0 Å². The monoisotopic (exact) mass is 335 g/mol. The molecule has 2 aromatic rings. The molecule has 1 aliphatic rings. The Hall–Kier alpha value is -1.20. The number of nitrogens with zero attached hydrogens (tertiary/aromatic N) is 3. The first kappa shape index (κ1) is 13.8. The standard InChI is InChI=1S/C15H18BrN3O/c1-10-8-19(9-15(2,3)20-10)13-4-5-17-12-6-11(16)7-18-14(12)13/h4-7,10H,8-9H2,1-3H3. The molecule has 0 radical (unpaired) electrons. The summed E-state index contributed by atoms with van der Waals surface area (Å²) in [5, 5.41) is 0. The summed E-state index contributed by atoms with van der Waals surface area (Å²) in [5.41, 5.74) is 2.84. The Morgan fingerprint density at radius 2 is 2.20 bits per heavy atom. The number of ether oxygens (including phenoxy) is 1. The summed E-state index contributed by atoms with van der Waals surface area (Å²) < 4.78 is 6.92. The molecule has 0 aliphatic carbocycles. The molecule has 4 nitrogen and oxygen atoms in total. The number of anilines is 1. The Labute approximate surface area is 127 Å². The zero-order valence-corrected chi connectivity index (χ0v) is 13.5. The van der Waals surface area contributed by atoms with E-state index in [0.717, 1.165) is 34.3 Å². The third-order valence-corrected chi connectivity index (χ3v) is 3.87. The van der Waals surface area contributed by atoms with Crippen LogP contribution < -0.4 is 4.90 Å². The molecule has 0 N–H and O–H groups in total. The second kappa shape index (κ2) is 4.97. The number of hydrogen-bond acceptors (Lipinski definition) is 4. The van der Waals surface area contributed by atoms with Crippen LogP contribution >= 0.6 is 15.9 Å². The number of pyridine rings is 2. The van der Waals surface area contributed by atoms with Gasteiger partial charge in [-0.1, -0.05) is 0 Å². The number of rotatable bonds is 1. The fraction of sp³-hybridized carbons (Fsp3) is 0.467. The molecule has 20 heavy (non-hydrogen) atoms. The third-order valence-electron chi connectivity index (χ3n) is 3.43. The summed E-state index contributed by atoms with van der Waals surface area (Å²) in [6.07, 6.45) is 3.87. The quantitative estimate of drug-likeness (QED) is 0.800. The van der Waals surface area contributed by atoms with E-state index in [9.17, 15) is 0 Å². The van der Waals surface area contributed by atoms with Crippen molar-refractivity contribution < 1.29 is 4.74 Å². The predicted molar refractivity (Wildman–Crippen MR) is 84.1 cm³/mol. The van der Waals surface area contributed by atoms with E-state index < -0.39 is 0 Å². The second-order valence-electron chi connectivity index (χ2n) is 5.92. The zero-order chi connectivity index (χ0) is 14.3. The van der Waals surface area contributed by atoms with E-state index in [1.165, 1.54) is 0 Å². The molecule has 1 atom stereocenters. The fourth-order valence-electron chi connectivity index (χ4n) is 2.88. The lowest BCUT2D eigenvalue weighted by atomic mass is 10.0. The molecule has 0 bridgehead atoms. The van der Waals surface area contributed by atoms with E-state index in [1.54, 1.807) is 0 Å². The van der Waals surface area contributed by atoms with E-state index >= 15 is 0 Å². The maximum Gasteiger partial charge on any atom is 0.112 e. The Morgan fingerprint density at radius 3 is 2.95 bits per heavy atom. The van der Waals surface area contributed by atoms with Gasteiger partial charge in [0.25, 0.3) is 0 Å². The van der Waals surface area contributed by atoms with Crippen LogP contribution in [0.3, 0.4) is 0 Å². The molecule has 106 valence electrons. The average molecular weight is 336 g/mol. The molecule has 0 aromatic carbocycles. The summed E-state index contributed by atoms with van der Waals surface area (Å²) in [4.78, 5) is 11.3. The second-order valence-corrected chi connectivity index (χ2v) is 6.84. The lowest BCUT2D eigenvalue weighted by Gasteiger charge is -2.43.